The van der Waals surface area contributed by atoms with Crippen molar-refractivity contribution in [2.45, 2.75) is 6.18 Å². The Hall–Kier alpha value is -1.77. The third kappa shape index (κ3) is 3.31. The molecule has 1 heterocycles. The number of anilines is 1. The van der Waals surface area contributed by atoms with E-state index in [1.807, 2.05) is 0 Å². The van der Waals surface area contributed by atoms with E-state index >= 15 is 0 Å². The van der Waals surface area contributed by atoms with Crippen molar-refractivity contribution in [2.24, 2.45) is 0 Å². The van der Waals surface area contributed by atoms with Gasteiger partial charge in [0.25, 0.3) is 0 Å². The summed E-state index contributed by atoms with van der Waals surface area (Å²) in [7, 11) is 0. The molecule has 0 atom stereocenters. The second-order valence-corrected chi connectivity index (χ2v) is 2.51. The molecule has 1 rings (SSSR count). The SMILES string of the molecule is N#Cc1ccnc(NCC(F)(F)F)c1. The van der Waals surface area contributed by atoms with E-state index in [1.54, 1.807) is 6.07 Å². The van der Waals surface area contributed by atoms with Crippen LogP contribution in [-0.2, 0) is 0 Å². The highest BCUT2D eigenvalue weighted by molar-refractivity contribution is 5.42. The number of alkyl halides is 3. The second kappa shape index (κ2) is 3.96. The van der Waals surface area contributed by atoms with Gasteiger partial charge >= 0.3 is 6.18 Å². The van der Waals surface area contributed by atoms with Gasteiger partial charge in [0.15, 0.2) is 0 Å². The number of nitrogens with zero attached hydrogens (tertiary/aromatic N) is 2. The average Bonchev–Trinajstić information content (AvgIpc) is 2.14. The van der Waals surface area contributed by atoms with E-state index in [2.05, 4.69) is 10.3 Å². The van der Waals surface area contributed by atoms with Gasteiger partial charge in [-0.05, 0) is 12.1 Å². The highest BCUT2D eigenvalue weighted by Crippen LogP contribution is 2.15. The van der Waals surface area contributed by atoms with Gasteiger partial charge in [0.2, 0.25) is 0 Å². The lowest BCUT2D eigenvalue weighted by atomic mass is 10.3. The molecule has 0 saturated heterocycles. The van der Waals surface area contributed by atoms with Crippen LogP contribution in [0.2, 0.25) is 0 Å². The second-order valence-electron chi connectivity index (χ2n) is 2.51. The van der Waals surface area contributed by atoms with E-state index in [0.29, 0.717) is 0 Å². The number of pyridine rings is 1. The van der Waals surface area contributed by atoms with E-state index in [4.69, 9.17) is 5.26 Å². The summed E-state index contributed by atoms with van der Waals surface area (Å²) in [6.07, 6.45) is -3.01. The standard InChI is InChI=1S/C8H6F3N3/c9-8(10,11)5-14-7-3-6(4-12)1-2-13-7/h1-3H,5H2,(H,13,14). The van der Waals surface area contributed by atoms with Gasteiger partial charge in [-0.2, -0.15) is 18.4 Å². The van der Waals surface area contributed by atoms with Crippen molar-refractivity contribution in [1.29, 1.82) is 5.26 Å². The number of halogens is 3. The first kappa shape index (κ1) is 10.3. The Labute approximate surface area is 78.2 Å². The summed E-state index contributed by atoms with van der Waals surface area (Å²) < 4.78 is 35.3. The summed E-state index contributed by atoms with van der Waals surface area (Å²) in [5.41, 5.74) is 0.268. The topological polar surface area (TPSA) is 48.7 Å². The molecular weight excluding hydrogens is 195 g/mol. The van der Waals surface area contributed by atoms with Crippen molar-refractivity contribution >= 4 is 5.82 Å². The molecule has 0 aliphatic carbocycles. The van der Waals surface area contributed by atoms with Gasteiger partial charge in [0.1, 0.15) is 12.4 Å². The fourth-order valence-corrected chi connectivity index (χ4v) is 0.788. The van der Waals surface area contributed by atoms with Crippen LogP contribution in [0.15, 0.2) is 18.3 Å². The predicted molar refractivity (Wildman–Crippen MR) is 43.5 cm³/mol. The van der Waals surface area contributed by atoms with Crippen LogP contribution in [-0.4, -0.2) is 17.7 Å². The van der Waals surface area contributed by atoms with E-state index in [1.165, 1.54) is 18.3 Å². The molecule has 1 aromatic heterocycles. The van der Waals surface area contributed by atoms with Crippen molar-refractivity contribution in [2.75, 3.05) is 11.9 Å². The van der Waals surface area contributed by atoms with Gasteiger partial charge in [-0.3, -0.25) is 0 Å². The molecule has 0 spiro atoms. The molecule has 1 aromatic rings. The maximum Gasteiger partial charge on any atom is 0.405 e. The Kier molecular flexibility index (Phi) is 2.92. The third-order valence-electron chi connectivity index (χ3n) is 1.36. The molecule has 0 aromatic carbocycles. The van der Waals surface area contributed by atoms with Crippen LogP contribution in [0.5, 0.6) is 0 Å². The van der Waals surface area contributed by atoms with Crippen LogP contribution in [0, 0.1) is 11.3 Å². The minimum absolute atomic E-state index is 0.0429. The molecule has 0 bridgehead atoms. The van der Waals surface area contributed by atoms with Gasteiger partial charge in [-0.1, -0.05) is 0 Å². The van der Waals surface area contributed by atoms with Crippen molar-refractivity contribution in [3.05, 3.63) is 23.9 Å². The molecular formula is C8H6F3N3. The molecule has 0 unspecified atom stereocenters. The number of rotatable bonds is 2. The molecule has 0 aliphatic rings. The van der Waals surface area contributed by atoms with Crippen molar-refractivity contribution in [3.63, 3.8) is 0 Å². The monoisotopic (exact) mass is 201 g/mol. The molecule has 0 saturated carbocycles. The maximum atomic E-state index is 11.8. The fourth-order valence-electron chi connectivity index (χ4n) is 0.788. The Morgan fingerprint density at radius 2 is 2.21 bits per heavy atom. The smallest absolute Gasteiger partial charge is 0.361 e. The Balaban J connectivity index is 2.65. The average molecular weight is 201 g/mol. The van der Waals surface area contributed by atoms with Crippen molar-refractivity contribution < 1.29 is 13.2 Å². The predicted octanol–water partition coefficient (Wildman–Crippen LogP) is 1.93. The first-order valence-electron chi connectivity index (χ1n) is 3.68. The van der Waals surface area contributed by atoms with Crippen LogP contribution in [0.3, 0.4) is 0 Å². The van der Waals surface area contributed by atoms with Gasteiger partial charge in [-0.15, -0.1) is 0 Å². The summed E-state index contributed by atoms with van der Waals surface area (Å²) in [5.74, 6) is 0.0429. The van der Waals surface area contributed by atoms with Gasteiger partial charge in [0, 0.05) is 6.20 Å². The van der Waals surface area contributed by atoms with Crippen LogP contribution in [0.1, 0.15) is 5.56 Å². The highest BCUT2D eigenvalue weighted by Gasteiger charge is 2.26. The molecule has 14 heavy (non-hydrogen) atoms. The van der Waals surface area contributed by atoms with Crippen LogP contribution in [0.4, 0.5) is 19.0 Å². The zero-order valence-electron chi connectivity index (χ0n) is 6.97. The summed E-state index contributed by atoms with van der Waals surface area (Å²) >= 11 is 0. The molecule has 0 fully saturated rings. The molecule has 0 amide bonds. The van der Waals surface area contributed by atoms with Gasteiger partial charge in [-0.25, -0.2) is 4.98 Å². The third-order valence-corrected chi connectivity index (χ3v) is 1.36. The molecule has 6 heteroatoms. The Morgan fingerprint density at radius 3 is 2.79 bits per heavy atom. The lowest BCUT2D eigenvalue weighted by Crippen LogP contribution is -2.21. The Morgan fingerprint density at radius 1 is 1.50 bits per heavy atom. The van der Waals surface area contributed by atoms with Crippen molar-refractivity contribution in [3.8, 4) is 6.07 Å². The lowest BCUT2D eigenvalue weighted by Gasteiger charge is -2.08. The summed E-state index contributed by atoms with van der Waals surface area (Å²) in [5, 5.41) is 10.5. The molecule has 3 nitrogen and oxygen atoms in total. The molecule has 0 radical (unpaired) electrons. The zero-order chi connectivity index (χ0) is 10.6. The van der Waals surface area contributed by atoms with Gasteiger partial charge in [0.05, 0.1) is 11.6 Å². The number of nitriles is 1. The summed E-state index contributed by atoms with van der Waals surface area (Å²) in [6, 6.07) is 4.47. The number of hydrogen-bond donors (Lipinski definition) is 1. The first-order chi connectivity index (χ1) is 6.51. The van der Waals surface area contributed by atoms with Gasteiger partial charge < -0.3 is 5.32 Å². The number of nitrogens with one attached hydrogen (secondary N) is 1. The quantitative estimate of drug-likeness (QED) is 0.795. The molecule has 74 valence electrons. The first-order valence-corrected chi connectivity index (χ1v) is 3.68. The van der Waals surface area contributed by atoms with Crippen LogP contribution < -0.4 is 5.32 Å². The minimum Gasteiger partial charge on any atom is -0.361 e. The Bertz CT molecular complexity index is 354. The summed E-state index contributed by atoms with van der Waals surface area (Å²) in [6.45, 7) is -1.16. The van der Waals surface area contributed by atoms with E-state index in [-0.39, 0.29) is 11.4 Å². The molecule has 0 aliphatic heterocycles. The lowest BCUT2D eigenvalue weighted by molar-refractivity contribution is -0.115. The summed E-state index contributed by atoms with van der Waals surface area (Å²) in [4.78, 5) is 3.63. The number of hydrogen-bond acceptors (Lipinski definition) is 3. The van der Waals surface area contributed by atoms with E-state index in [9.17, 15) is 13.2 Å². The van der Waals surface area contributed by atoms with E-state index < -0.39 is 12.7 Å². The fraction of sp³-hybridized carbons (Fsp3) is 0.250. The highest BCUT2D eigenvalue weighted by atomic mass is 19.4. The largest absolute Gasteiger partial charge is 0.405 e. The maximum absolute atomic E-state index is 11.8. The zero-order valence-corrected chi connectivity index (χ0v) is 6.97. The molecule has 1 N–H and O–H groups in total. The van der Waals surface area contributed by atoms with E-state index in [0.717, 1.165) is 0 Å². The van der Waals surface area contributed by atoms with Crippen molar-refractivity contribution in [1.82, 2.24) is 4.98 Å². The van der Waals surface area contributed by atoms with Crippen LogP contribution >= 0.6 is 0 Å². The number of aromatic nitrogens is 1. The van der Waals surface area contributed by atoms with Crippen LogP contribution in [0.25, 0.3) is 0 Å². The minimum atomic E-state index is -4.29. The normalized spacial score (nSPS) is 10.7.